The van der Waals surface area contributed by atoms with E-state index in [1.165, 1.54) is 0 Å². The Labute approximate surface area is 122 Å². The summed E-state index contributed by atoms with van der Waals surface area (Å²) in [5.41, 5.74) is 5.58. The summed E-state index contributed by atoms with van der Waals surface area (Å²) in [5.74, 6) is 0.0754. The Morgan fingerprint density at radius 3 is 3.00 bits per heavy atom. The van der Waals surface area contributed by atoms with Crippen molar-refractivity contribution >= 4 is 18.3 Å². The summed E-state index contributed by atoms with van der Waals surface area (Å²) in [6.07, 6.45) is 4.62. The zero-order chi connectivity index (χ0) is 13.2. The molecule has 2 atom stereocenters. The molecule has 0 aromatic rings. The molecule has 19 heavy (non-hydrogen) atoms. The second-order valence-corrected chi connectivity index (χ2v) is 4.93. The Hall–Kier alpha value is -0.360. The smallest absolute Gasteiger partial charge is 0.220 e. The van der Waals surface area contributed by atoms with Gasteiger partial charge in [-0.2, -0.15) is 0 Å². The van der Waals surface area contributed by atoms with E-state index in [1.807, 2.05) is 6.92 Å². The van der Waals surface area contributed by atoms with Crippen LogP contribution in [0, 0.1) is 0 Å². The van der Waals surface area contributed by atoms with Crippen LogP contribution >= 0.6 is 12.4 Å². The van der Waals surface area contributed by atoms with Crippen molar-refractivity contribution in [3.63, 3.8) is 0 Å². The van der Waals surface area contributed by atoms with Crippen LogP contribution < -0.4 is 11.1 Å². The summed E-state index contributed by atoms with van der Waals surface area (Å²) < 4.78 is 10.9. The fourth-order valence-corrected chi connectivity index (χ4v) is 1.84. The molecule has 0 aliphatic carbocycles. The van der Waals surface area contributed by atoms with Crippen LogP contribution in [0.4, 0.5) is 0 Å². The van der Waals surface area contributed by atoms with Gasteiger partial charge in [0.15, 0.2) is 0 Å². The minimum absolute atomic E-state index is 0. The van der Waals surface area contributed by atoms with Crippen LogP contribution in [-0.2, 0) is 14.3 Å². The monoisotopic (exact) mass is 294 g/mol. The molecule has 114 valence electrons. The molecule has 0 aromatic carbocycles. The fourth-order valence-electron chi connectivity index (χ4n) is 1.84. The number of ether oxygens (including phenoxy) is 2. The minimum Gasteiger partial charge on any atom is -0.379 e. The molecule has 6 heteroatoms. The maximum atomic E-state index is 11.4. The van der Waals surface area contributed by atoms with Gasteiger partial charge in [0.1, 0.15) is 0 Å². The summed E-state index contributed by atoms with van der Waals surface area (Å²) in [6, 6.07) is 0.0884. The van der Waals surface area contributed by atoms with Gasteiger partial charge in [0.2, 0.25) is 5.91 Å². The number of nitrogens with one attached hydrogen (secondary N) is 1. The Bertz CT molecular complexity index is 234. The summed E-state index contributed by atoms with van der Waals surface area (Å²) >= 11 is 0. The zero-order valence-electron chi connectivity index (χ0n) is 11.7. The van der Waals surface area contributed by atoms with Gasteiger partial charge in [-0.05, 0) is 32.6 Å². The highest BCUT2D eigenvalue weighted by Crippen LogP contribution is 2.11. The van der Waals surface area contributed by atoms with E-state index in [-0.39, 0.29) is 30.5 Å². The summed E-state index contributed by atoms with van der Waals surface area (Å²) in [4.78, 5) is 11.4. The second-order valence-electron chi connectivity index (χ2n) is 4.93. The SMILES string of the molecule is CC(N)CCC(=O)NCCCOCC1CCCO1.Cl. The molecule has 0 radical (unpaired) electrons. The van der Waals surface area contributed by atoms with Gasteiger partial charge >= 0.3 is 0 Å². The van der Waals surface area contributed by atoms with Crippen molar-refractivity contribution < 1.29 is 14.3 Å². The molecule has 0 aromatic heterocycles. The summed E-state index contributed by atoms with van der Waals surface area (Å²) in [7, 11) is 0. The van der Waals surface area contributed by atoms with Crippen molar-refractivity contribution in [3.8, 4) is 0 Å². The number of halogens is 1. The fraction of sp³-hybridized carbons (Fsp3) is 0.923. The van der Waals surface area contributed by atoms with Gasteiger partial charge in [-0.25, -0.2) is 0 Å². The van der Waals surface area contributed by atoms with Crippen molar-refractivity contribution in [2.45, 2.75) is 51.2 Å². The lowest BCUT2D eigenvalue weighted by Crippen LogP contribution is -2.27. The number of carbonyl (C=O) groups excluding carboxylic acids is 1. The van der Waals surface area contributed by atoms with Gasteiger partial charge < -0.3 is 20.5 Å². The lowest BCUT2D eigenvalue weighted by Gasteiger charge is -2.10. The van der Waals surface area contributed by atoms with E-state index in [9.17, 15) is 4.79 Å². The van der Waals surface area contributed by atoms with E-state index in [0.29, 0.717) is 26.2 Å². The Kier molecular flexibility index (Phi) is 11.2. The molecule has 1 aliphatic heterocycles. The maximum absolute atomic E-state index is 11.4. The standard InChI is InChI=1S/C13H26N2O3.ClH/c1-11(14)5-6-13(16)15-7-3-8-17-10-12-4-2-9-18-12;/h11-12H,2-10,14H2,1H3,(H,15,16);1H. The zero-order valence-corrected chi connectivity index (χ0v) is 12.5. The first-order valence-corrected chi connectivity index (χ1v) is 6.90. The largest absolute Gasteiger partial charge is 0.379 e. The van der Waals surface area contributed by atoms with Gasteiger partial charge in [0.05, 0.1) is 12.7 Å². The minimum atomic E-state index is 0. The first-order valence-electron chi connectivity index (χ1n) is 6.90. The molecule has 1 saturated heterocycles. The van der Waals surface area contributed by atoms with Crippen LogP contribution in [0.15, 0.2) is 0 Å². The molecular formula is C13H27ClN2O3. The number of amides is 1. The second kappa shape index (κ2) is 11.5. The molecule has 0 bridgehead atoms. The number of carbonyl (C=O) groups is 1. The average molecular weight is 295 g/mol. The van der Waals surface area contributed by atoms with Crippen molar-refractivity contribution in [1.29, 1.82) is 0 Å². The molecular weight excluding hydrogens is 268 g/mol. The van der Waals surface area contributed by atoms with Crippen molar-refractivity contribution in [3.05, 3.63) is 0 Å². The normalized spacial score (nSPS) is 19.8. The number of nitrogens with two attached hydrogens (primary N) is 1. The lowest BCUT2D eigenvalue weighted by molar-refractivity contribution is -0.121. The van der Waals surface area contributed by atoms with Crippen LogP contribution in [-0.4, -0.2) is 44.4 Å². The average Bonchev–Trinajstić information content (AvgIpc) is 2.84. The Morgan fingerprint density at radius 2 is 2.37 bits per heavy atom. The van der Waals surface area contributed by atoms with E-state index < -0.39 is 0 Å². The van der Waals surface area contributed by atoms with Crippen LogP contribution in [0.3, 0.4) is 0 Å². The molecule has 3 N–H and O–H groups in total. The van der Waals surface area contributed by atoms with E-state index in [4.69, 9.17) is 15.2 Å². The molecule has 2 unspecified atom stereocenters. The van der Waals surface area contributed by atoms with E-state index >= 15 is 0 Å². The highest BCUT2D eigenvalue weighted by Gasteiger charge is 2.14. The Balaban J connectivity index is 0.00000324. The summed E-state index contributed by atoms with van der Waals surface area (Å²) in [5, 5.41) is 2.86. The van der Waals surface area contributed by atoms with E-state index in [0.717, 1.165) is 32.3 Å². The van der Waals surface area contributed by atoms with Crippen LogP contribution in [0.2, 0.25) is 0 Å². The van der Waals surface area contributed by atoms with Gasteiger partial charge in [-0.3, -0.25) is 4.79 Å². The van der Waals surface area contributed by atoms with Crippen LogP contribution in [0.5, 0.6) is 0 Å². The number of hydrogen-bond donors (Lipinski definition) is 2. The van der Waals surface area contributed by atoms with Crippen molar-refractivity contribution in [1.82, 2.24) is 5.32 Å². The van der Waals surface area contributed by atoms with Crippen molar-refractivity contribution in [2.24, 2.45) is 5.73 Å². The third-order valence-corrected chi connectivity index (χ3v) is 2.94. The van der Waals surface area contributed by atoms with Gasteiger partial charge in [0, 0.05) is 32.2 Å². The molecule has 1 amide bonds. The van der Waals surface area contributed by atoms with Crippen LogP contribution in [0.1, 0.15) is 39.0 Å². The molecule has 5 nitrogen and oxygen atoms in total. The third kappa shape index (κ3) is 10.1. The molecule has 0 spiro atoms. The molecule has 1 heterocycles. The Morgan fingerprint density at radius 1 is 1.58 bits per heavy atom. The van der Waals surface area contributed by atoms with Crippen LogP contribution in [0.25, 0.3) is 0 Å². The summed E-state index contributed by atoms with van der Waals surface area (Å²) in [6.45, 7) is 4.80. The molecule has 0 saturated carbocycles. The predicted molar refractivity (Wildman–Crippen MR) is 77.6 cm³/mol. The molecule has 1 aliphatic rings. The predicted octanol–water partition coefficient (Wildman–Crippen LogP) is 1.24. The van der Waals surface area contributed by atoms with Gasteiger partial charge in [0.25, 0.3) is 0 Å². The van der Waals surface area contributed by atoms with Crippen molar-refractivity contribution in [2.75, 3.05) is 26.4 Å². The van der Waals surface area contributed by atoms with E-state index in [1.54, 1.807) is 0 Å². The molecule has 1 rings (SSSR count). The highest BCUT2D eigenvalue weighted by atomic mass is 35.5. The maximum Gasteiger partial charge on any atom is 0.220 e. The number of rotatable bonds is 9. The topological polar surface area (TPSA) is 73.6 Å². The lowest BCUT2D eigenvalue weighted by atomic mass is 10.2. The quantitative estimate of drug-likeness (QED) is 0.628. The van der Waals surface area contributed by atoms with Gasteiger partial charge in [-0.1, -0.05) is 0 Å². The first-order chi connectivity index (χ1) is 8.68. The van der Waals surface area contributed by atoms with Gasteiger partial charge in [-0.15, -0.1) is 12.4 Å². The van der Waals surface area contributed by atoms with E-state index in [2.05, 4.69) is 5.32 Å². The third-order valence-electron chi connectivity index (χ3n) is 2.94. The number of hydrogen-bond acceptors (Lipinski definition) is 4. The molecule has 1 fully saturated rings. The highest BCUT2D eigenvalue weighted by molar-refractivity contribution is 5.85. The first kappa shape index (κ1) is 18.6.